The predicted octanol–water partition coefficient (Wildman–Crippen LogP) is 4.50. The van der Waals surface area contributed by atoms with Gasteiger partial charge in [-0.05, 0) is 54.5 Å². The van der Waals surface area contributed by atoms with Gasteiger partial charge in [0.25, 0.3) is 11.5 Å². The molecule has 1 saturated heterocycles. The van der Waals surface area contributed by atoms with Gasteiger partial charge < -0.3 is 9.47 Å². The van der Waals surface area contributed by atoms with Crippen molar-refractivity contribution in [3.05, 3.63) is 88.3 Å². The van der Waals surface area contributed by atoms with E-state index in [-0.39, 0.29) is 17.4 Å². The Morgan fingerprint density at radius 2 is 1.70 bits per heavy atom. The Labute approximate surface area is 180 Å². The highest BCUT2D eigenvalue weighted by Crippen LogP contribution is 2.40. The van der Waals surface area contributed by atoms with Crippen LogP contribution in [0.2, 0.25) is 0 Å². The van der Waals surface area contributed by atoms with Gasteiger partial charge in [-0.3, -0.25) is 9.59 Å². The molecule has 2 aliphatic rings. The van der Waals surface area contributed by atoms with E-state index in [4.69, 9.17) is 0 Å². The van der Waals surface area contributed by atoms with Crippen LogP contribution in [-0.4, -0.2) is 34.7 Å². The molecule has 0 aliphatic carbocycles. The largest absolute Gasteiger partial charge is 0.338 e. The Morgan fingerprint density at radius 3 is 2.43 bits per heavy atom. The minimum Gasteiger partial charge on any atom is -0.338 e. The Hall–Kier alpha value is -2.79. The third-order valence-electron chi connectivity index (χ3n) is 6.30. The highest BCUT2D eigenvalue weighted by Gasteiger charge is 2.38. The topological polar surface area (TPSA) is 42.3 Å². The van der Waals surface area contributed by atoms with E-state index < -0.39 is 0 Å². The van der Waals surface area contributed by atoms with Crippen LogP contribution in [0.5, 0.6) is 0 Å². The zero-order chi connectivity index (χ0) is 20.7. The number of thioether (sulfide) groups is 1. The molecule has 5 heteroatoms. The molecule has 30 heavy (non-hydrogen) atoms. The van der Waals surface area contributed by atoms with Crippen LogP contribution in [0.15, 0.2) is 76.4 Å². The summed E-state index contributed by atoms with van der Waals surface area (Å²) in [6.45, 7) is 2.05. The van der Waals surface area contributed by atoms with Crippen LogP contribution >= 0.6 is 11.8 Å². The molecule has 1 aromatic heterocycles. The van der Waals surface area contributed by atoms with Gasteiger partial charge in [0.05, 0.1) is 0 Å². The quantitative estimate of drug-likeness (QED) is 0.591. The van der Waals surface area contributed by atoms with Gasteiger partial charge in [0.1, 0.15) is 0 Å². The molecular weight excluding hydrogens is 392 g/mol. The van der Waals surface area contributed by atoms with Crippen molar-refractivity contribution in [3.8, 4) is 11.1 Å². The van der Waals surface area contributed by atoms with Gasteiger partial charge in [0, 0.05) is 53.3 Å². The normalized spacial score (nSPS) is 20.0. The van der Waals surface area contributed by atoms with E-state index in [9.17, 15) is 9.59 Å². The number of pyridine rings is 1. The number of carbonyl (C=O) groups is 1. The van der Waals surface area contributed by atoms with Gasteiger partial charge in [0.2, 0.25) is 0 Å². The Bertz CT molecular complexity index is 1140. The second-order valence-electron chi connectivity index (χ2n) is 8.18. The summed E-state index contributed by atoms with van der Waals surface area (Å²) in [4.78, 5) is 29.0. The average Bonchev–Trinajstić information content (AvgIpc) is 2.80. The molecule has 5 rings (SSSR count). The molecule has 4 nitrogen and oxygen atoms in total. The van der Waals surface area contributed by atoms with E-state index in [0.717, 1.165) is 28.8 Å². The van der Waals surface area contributed by atoms with Crippen LogP contribution < -0.4 is 5.56 Å². The van der Waals surface area contributed by atoms with Crippen LogP contribution in [0, 0.1) is 5.92 Å². The summed E-state index contributed by atoms with van der Waals surface area (Å²) in [5.41, 5.74) is 4.12. The van der Waals surface area contributed by atoms with E-state index in [2.05, 4.69) is 30.5 Å². The van der Waals surface area contributed by atoms with Gasteiger partial charge in [0.15, 0.2) is 0 Å². The fourth-order valence-corrected chi connectivity index (χ4v) is 5.37. The first-order valence-corrected chi connectivity index (χ1v) is 11.6. The third-order valence-corrected chi connectivity index (χ3v) is 7.04. The van der Waals surface area contributed by atoms with Crippen LogP contribution in [-0.2, 0) is 6.54 Å². The lowest BCUT2D eigenvalue weighted by molar-refractivity contribution is 0.0595. The number of likely N-dealkylation sites (tertiary alicyclic amines) is 1. The summed E-state index contributed by atoms with van der Waals surface area (Å²) in [5, 5.41) is 0. The maximum atomic E-state index is 13.1. The summed E-state index contributed by atoms with van der Waals surface area (Å²) in [7, 11) is 0. The molecule has 2 aliphatic heterocycles. The van der Waals surface area contributed by atoms with Crippen molar-refractivity contribution >= 4 is 17.7 Å². The van der Waals surface area contributed by atoms with E-state index in [0.29, 0.717) is 25.6 Å². The Kier molecular flexibility index (Phi) is 4.99. The van der Waals surface area contributed by atoms with Crippen molar-refractivity contribution in [1.82, 2.24) is 9.47 Å². The maximum Gasteiger partial charge on any atom is 0.253 e. The van der Waals surface area contributed by atoms with Crippen molar-refractivity contribution in [1.29, 1.82) is 0 Å². The molecule has 0 saturated carbocycles. The monoisotopic (exact) mass is 416 g/mol. The molecule has 0 unspecified atom stereocenters. The van der Waals surface area contributed by atoms with Crippen LogP contribution in [0.1, 0.15) is 28.4 Å². The summed E-state index contributed by atoms with van der Waals surface area (Å²) >= 11 is 1.72. The lowest BCUT2D eigenvalue weighted by Crippen LogP contribution is -2.49. The highest BCUT2D eigenvalue weighted by atomic mass is 32.2. The minimum atomic E-state index is 0.0621. The first-order valence-electron chi connectivity index (χ1n) is 10.4. The number of hydrogen-bond donors (Lipinski definition) is 0. The average molecular weight is 417 g/mol. The second kappa shape index (κ2) is 7.80. The van der Waals surface area contributed by atoms with Crippen molar-refractivity contribution < 1.29 is 4.79 Å². The molecule has 2 aromatic carbocycles. The molecule has 3 aromatic rings. The summed E-state index contributed by atoms with van der Waals surface area (Å²) in [6, 6.07) is 21.7. The SMILES string of the molecule is CSc1ccc(-c2ccc(=O)n3c2[C@@H]2C[C@@H](CN(C(=O)c4ccccc4)C2)C3)cc1. The number of fused-ring (bicyclic) bond motifs is 4. The van der Waals surface area contributed by atoms with Gasteiger partial charge in [-0.25, -0.2) is 0 Å². The summed E-state index contributed by atoms with van der Waals surface area (Å²) < 4.78 is 1.96. The first kappa shape index (κ1) is 19.2. The fraction of sp³-hybridized carbons (Fsp3) is 0.280. The van der Waals surface area contributed by atoms with E-state index in [1.165, 1.54) is 4.90 Å². The van der Waals surface area contributed by atoms with Gasteiger partial charge in [-0.2, -0.15) is 0 Å². The van der Waals surface area contributed by atoms with Gasteiger partial charge in [-0.15, -0.1) is 11.8 Å². The van der Waals surface area contributed by atoms with Gasteiger partial charge in [-0.1, -0.05) is 30.3 Å². The molecule has 2 atom stereocenters. The van der Waals surface area contributed by atoms with Crippen LogP contribution in [0.4, 0.5) is 0 Å². The lowest BCUT2D eigenvalue weighted by Gasteiger charge is -2.43. The number of piperidine rings is 1. The van der Waals surface area contributed by atoms with E-state index >= 15 is 0 Å². The standard InChI is InChI=1S/C25H24N2O2S/c1-30-21-9-7-18(8-10-21)22-11-12-23(28)27-15-17-13-20(24(22)27)16-26(14-17)25(29)19-5-3-2-4-6-19/h2-12,17,20H,13-16H2,1H3/t17-,20+/m0/s1. The number of benzene rings is 2. The van der Waals surface area contributed by atoms with E-state index in [1.54, 1.807) is 17.8 Å². The molecular formula is C25H24N2O2S. The molecule has 2 bridgehead atoms. The van der Waals surface area contributed by atoms with Crippen molar-refractivity contribution in [2.75, 3.05) is 19.3 Å². The summed E-state index contributed by atoms with van der Waals surface area (Å²) in [5.74, 6) is 0.577. The van der Waals surface area contributed by atoms with Crippen LogP contribution in [0.3, 0.4) is 0 Å². The highest BCUT2D eigenvalue weighted by molar-refractivity contribution is 7.98. The molecule has 3 heterocycles. The number of rotatable bonds is 3. The summed E-state index contributed by atoms with van der Waals surface area (Å²) in [6.07, 6.45) is 3.09. The molecule has 0 radical (unpaired) electrons. The third kappa shape index (κ3) is 3.37. The van der Waals surface area contributed by atoms with Crippen LogP contribution in [0.25, 0.3) is 11.1 Å². The second-order valence-corrected chi connectivity index (χ2v) is 9.06. The number of amides is 1. The smallest absolute Gasteiger partial charge is 0.253 e. The molecule has 0 spiro atoms. The van der Waals surface area contributed by atoms with Crippen molar-refractivity contribution in [3.63, 3.8) is 0 Å². The van der Waals surface area contributed by atoms with Gasteiger partial charge >= 0.3 is 0 Å². The van der Waals surface area contributed by atoms with Crippen molar-refractivity contribution in [2.24, 2.45) is 5.92 Å². The minimum absolute atomic E-state index is 0.0621. The molecule has 1 fully saturated rings. The van der Waals surface area contributed by atoms with E-state index in [1.807, 2.05) is 45.9 Å². The number of nitrogens with zero attached hydrogens (tertiary/aromatic N) is 2. The lowest BCUT2D eigenvalue weighted by atomic mass is 9.80. The van der Waals surface area contributed by atoms with Crippen molar-refractivity contribution in [2.45, 2.75) is 23.8 Å². The number of aromatic nitrogens is 1. The fourth-order valence-electron chi connectivity index (χ4n) is 4.96. The molecule has 0 N–H and O–H groups in total. The number of carbonyl (C=O) groups excluding carboxylic acids is 1. The Morgan fingerprint density at radius 1 is 0.933 bits per heavy atom. The maximum absolute atomic E-state index is 13.1. The Balaban J connectivity index is 1.53. The molecule has 1 amide bonds. The molecule has 152 valence electrons. The first-order chi connectivity index (χ1) is 14.6. The number of hydrogen-bond acceptors (Lipinski definition) is 3. The predicted molar refractivity (Wildman–Crippen MR) is 121 cm³/mol. The zero-order valence-corrected chi connectivity index (χ0v) is 17.8. The zero-order valence-electron chi connectivity index (χ0n) is 17.0.